The van der Waals surface area contributed by atoms with E-state index in [1.165, 1.54) is 39.7 Å². The van der Waals surface area contributed by atoms with Gasteiger partial charge in [-0.05, 0) is 42.8 Å². The second kappa shape index (κ2) is 6.07. The van der Waals surface area contributed by atoms with Crippen LogP contribution in [0.1, 0.15) is 15.9 Å². The number of nitrogens with one attached hydrogen (secondary N) is 1. The number of aryl methyl sites for hydroxylation is 2. The number of rotatable bonds is 3. The molecular weight excluding hydrogens is 313 g/mol. The Morgan fingerprint density at radius 1 is 1.21 bits per heavy atom. The number of halogens is 1. The van der Waals surface area contributed by atoms with Gasteiger partial charge < -0.3 is 5.32 Å². The molecular formula is C16H14FN5O2. The average molecular weight is 327 g/mol. The number of amides is 1. The Bertz CT molecular complexity index is 959. The van der Waals surface area contributed by atoms with Crippen LogP contribution in [0.2, 0.25) is 0 Å². The second-order valence-corrected chi connectivity index (χ2v) is 5.26. The van der Waals surface area contributed by atoms with E-state index >= 15 is 0 Å². The van der Waals surface area contributed by atoms with Crippen LogP contribution in [0.5, 0.6) is 0 Å². The smallest absolute Gasteiger partial charge is 0.268 e. The number of hydrogen-bond donors (Lipinski definition) is 1. The molecule has 1 aromatic carbocycles. The molecule has 0 saturated carbocycles. The van der Waals surface area contributed by atoms with Gasteiger partial charge in [0.15, 0.2) is 5.82 Å². The van der Waals surface area contributed by atoms with E-state index in [1.54, 1.807) is 26.2 Å². The standard InChI is InChI=1S/C16H14FN5O2/c1-10-7-8-22(12-5-3-11(17)4-6-12)16(24)14(10)15(23)18-13-9-21(2)20-19-13/h3-9H,1-2H3,(H,18,23). The van der Waals surface area contributed by atoms with E-state index in [1.807, 2.05) is 0 Å². The molecule has 3 aromatic rings. The molecule has 0 aliphatic heterocycles. The van der Waals surface area contributed by atoms with Crippen LogP contribution in [-0.2, 0) is 7.05 Å². The van der Waals surface area contributed by atoms with Crippen molar-refractivity contribution in [1.82, 2.24) is 19.6 Å². The van der Waals surface area contributed by atoms with Gasteiger partial charge >= 0.3 is 0 Å². The summed E-state index contributed by atoms with van der Waals surface area (Å²) >= 11 is 0. The van der Waals surface area contributed by atoms with Gasteiger partial charge in [0.25, 0.3) is 11.5 Å². The summed E-state index contributed by atoms with van der Waals surface area (Å²) in [6.45, 7) is 1.67. The first-order chi connectivity index (χ1) is 11.5. The molecule has 7 nitrogen and oxygen atoms in total. The third-order valence-electron chi connectivity index (χ3n) is 3.48. The highest BCUT2D eigenvalue weighted by molar-refractivity contribution is 6.04. The Labute approximate surface area is 136 Å². The van der Waals surface area contributed by atoms with Crippen LogP contribution in [0.4, 0.5) is 10.2 Å². The first kappa shape index (κ1) is 15.6. The number of nitrogens with zero attached hydrogens (tertiary/aromatic N) is 4. The fraction of sp³-hybridized carbons (Fsp3) is 0.125. The van der Waals surface area contributed by atoms with Crippen LogP contribution in [-0.4, -0.2) is 25.5 Å². The number of aromatic nitrogens is 4. The molecule has 0 radical (unpaired) electrons. The predicted octanol–water partition coefficient (Wildman–Crippen LogP) is 1.67. The first-order valence-electron chi connectivity index (χ1n) is 7.11. The molecule has 3 rings (SSSR count). The van der Waals surface area contributed by atoms with Crippen LogP contribution < -0.4 is 10.9 Å². The summed E-state index contributed by atoms with van der Waals surface area (Å²) < 4.78 is 15.8. The Hall–Kier alpha value is -3.29. The zero-order chi connectivity index (χ0) is 17.3. The topological polar surface area (TPSA) is 81.8 Å². The summed E-state index contributed by atoms with van der Waals surface area (Å²) in [6.07, 6.45) is 3.07. The van der Waals surface area contributed by atoms with Gasteiger partial charge in [-0.1, -0.05) is 5.21 Å². The molecule has 0 atom stereocenters. The minimum atomic E-state index is -0.575. The lowest BCUT2D eigenvalue weighted by Gasteiger charge is -2.10. The minimum Gasteiger partial charge on any atom is -0.304 e. The molecule has 24 heavy (non-hydrogen) atoms. The maximum atomic E-state index is 13.1. The van der Waals surface area contributed by atoms with E-state index in [-0.39, 0.29) is 11.4 Å². The van der Waals surface area contributed by atoms with Crippen molar-refractivity contribution in [2.24, 2.45) is 7.05 Å². The highest BCUT2D eigenvalue weighted by atomic mass is 19.1. The largest absolute Gasteiger partial charge is 0.304 e. The molecule has 0 unspecified atom stereocenters. The normalized spacial score (nSPS) is 10.6. The lowest BCUT2D eigenvalue weighted by molar-refractivity contribution is 0.102. The van der Waals surface area contributed by atoms with E-state index in [0.29, 0.717) is 11.3 Å². The number of benzene rings is 1. The molecule has 0 aliphatic carbocycles. The summed E-state index contributed by atoms with van der Waals surface area (Å²) in [4.78, 5) is 25.1. The van der Waals surface area contributed by atoms with Crippen molar-refractivity contribution < 1.29 is 9.18 Å². The first-order valence-corrected chi connectivity index (χ1v) is 7.11. The molecule has 8 heteroatoms. The van der Waals surface area contributed by atoms with Crippen LogP contribution in [0, 0.1) is 12.7 Å². The van der Waals surface area contributed by atoms with E-state index < -0.39 is 17.3 Å². The van der Waals surface area contributed by atoms with Crippen molar-refractivity contribution in [3.8, 4) is 5.69 Å². The van der Waals surface area contributed by atoms with Gasteiger partial charge in [0, 0.05) is 18.9 Å². The fourth-order valence-corrected chi connectivity index (χ4v) is 2.29. The van der Waals surface area contributed by atoms with Crippen molar-refractivity contribution in [1.29, 1.82) is 0 Å². The molecule has 0 saturated heterocycles. The molecule has 1 N–H and O–H groups in total. The number of carbonyl (C=O) groups excluding carboxylic acids is 1. The van der Waals surface area contributed by atoms with Gasteiger partial charge in [-0.3, -0.25) is 18.8 Å². The van der Waals surface area contributed by atoms with E-state index in [4.69, 9.17) is 0 Å². The van der Waals surface area contributed by atoms with Gasteiger partial charge in [-0.2, -0.15) is 0 Å². The lowest BCUT2D eigenvalue weighted by Crippen LogP contribution is -2.29. The fourth-order valence-electron chi connectivity index (χ4n) is 2.29. The molecule has 2 heterocycles. The summed E-state index contributed by atoms with van der Waals surface area (Å²) in [7, 11) is 1.66. The molecule has 2 aromatic heterocycles. The van der Waals surface area contributed by atoms with Crippen molar-refractivity contribution >= 4 is 11.7 Å². The SMILES string of the molecule is Cc1ccn(-c2ccc(F)cc2)c(=O)c1C(=O)Nc1cn(C)nn1. The van der Waals surface area contributed by atoms with Gasteiger partial charge in [-0.25, -0.2) is 4.39 Å². The third kappa shape index (κ3) is 2.94. The minimum absolute atomic E-state index is 0.00696. The summed E-state index contributed by atoms with van der Waals surface area (Å²) in [5, 5.41) is 10.0. The van der Waals surface area contributed by atoms with E-state index in [9.17, 15) is 14.0 Å². The Kier molecular flexibility index (Phi) is 3.95. The highest BCUT2D eigenvalue weighted by Crippen LogP contribution is 2.11. The van der Waals surface area contributed by atoms with Crippen molar-refractivity contribution in [3.63, 3.8) is 0 Å². The summed E-state index contributed by atoms with van der Waals surface area (Å²) in [6, 6.07) is 7.09. The summed E-state index contributed by atoms with van der Waals surface area (Å²) in [5.41, 5.74) is 0.491. The number of pyridine rings is 1. The molecule has 0 spiro atoms. The molecule has 122 valence electrons. The Morgan fingerprint density at radius 2 is 1.92 bits per heavy atom. The van der Waals surface area contributed by atoms with E-state index in [0.717, 1.165) is 0 Å². The van der Waals surface area contributed by atoms with Gasteiger partial charge in [-0.15, -0.1) is 5.10 Å². The second-order valence-electron chi connectivity index (χ2n) is 5.26. The van der Waals surface area contributed by atoms with Crippen LogP contribution in [0.3, 0.4) is 0 Å². The third-order valence-corrected chi connectivity index (χ3v) is 3.48. The van der Waals surface area contributed by atoms with Crippen LogP contribution >= 0.6 is 0 Å². The van der Waals surface area contributed by atoms with Crippen molar-refractivity contribution in [3.05, 3.63) is 70.0 Å². The maximum Gasteiger partial charge on any atom is 0.268 e. The molecule has 0 aliphatic rings. The zero-order valence-corrected chi connectivity index (χ0v) is 13.0. The Morgan fingerprint density at radius 3 is 2.54 bits per heavy atom. The predicted molar refractivity (Wildman–Crippen MR) is 85.7 cm³/mol. The van der Waals surface area contributed by atoms with E-state index in [2.05, 4.69) is 15.6 Å². The van der Waals surface area contributed by atoms with Gasteiger partial charge in [0.1, 0.15) is 11.4 Å². The lowest BCUT2D eigenvalue weighted by atomic mass is 10.1. The van der Waals surface area contributed by atoms with Crippen LogP contribution in [0.25, 0.3) is 5.69 Å². The van der Waals surface area contributed by atoms with Gasteiger partial charge in [0.05, 0.1) is 6.20 Å². The Balaban J connectivity index is 2.01. The zero-order valence-electron chi connectivity index (χ0n) is 13.0. The molecule has 1 amide bonds. The van der Waals surface area contributed by atoms with Crippen molar-refractivity contribution in [2.45, 2.75) is 6.92 Å². The van der Waals surface area contributed by atoms with Gasteiger partial charge in [0.2, 0.25) is 0 Å². The van der Waals surface area contributed by atoms with Crippen LogP contribution in [0.15, 0.2) is 47.5 Å². The quantitative estimate of drug-likeness (QED) is 0.793. The summed E-state index contributed by atoms with van der Waals surface area (Å²) in [5.74, 6) is -0.729. The highest BCUT2D eigenvalue weighted by Gasteiger charge is 2.17. The average Bonchev–Trinajstić information content (AvgIpc) is 2.94. The monoisotopic (exact) mass is 327 g/mol. The molecule has 0 bridgehead atoms. The number of carbonyl (C=O) groups is 1. The number of hydrogen-bond acceptors (Lipinski definition) is 4. The van der Waals surface area contributed by atoms with Crippen molar-refractivity contribution in [2.75, 3.05) is 5.32 Å². The maximum absolute atomic E-state index is 13.1. The molecule has 0 fully saturated rings. The number of anilines is 1.